The van der Waals surface area contributed by atoms with Crippen molar-refractivity contribution >= 4 is 35.4 Å². The first-order valence-electron chi connectivity index (χ1n) is 13.3. The average Bonchev–Trinajstić information content (AvgIpc) is 3.10. The summed E-state index contributed by atoms with van der Waals surface area (Å²) in [6.07, 6.45) is 10.5. The van der Waals surface area contributed by atoms with Crippen molar-refractivity contribution in [3.8, 4) is 0 Å². The minimum Gasteiger partial charge on any atom is -0.294 e. The molecule has 1 aliphatic heterocycles. The van der Waals surface area contributed by atoms with Crippen LogP contribution in [0.1, 0.15) is 85.1 Å². The van der Waals surface area contributed by atoms with Gasteiger partial charge in [-0.05, 0) is 110 Å². The Hall–Kier alpha value is -0.670. The van der Waals surface area contributed by atoms with Crippen molar-refractivity contribution in [3.05, 3.63) is 41.5 Å². The molecule has 0 unspecified atom stereocenters. The molecule has 1 aromatic carbocycles. The molecular formula is C30H44OS2. The highest BCUT2D eigenvalue weighted by molar-refractivity contribution is 8.18. The molecule has 1 nitrogen and oxygen atoms in total. The van der Waals surface area contributed by atoms with Crippen LogP contribution in [0.2, 0.25) is 0 Å². The van der Waals surface area contributed by atoms with Crippen LogP contribution in [0.15, 0.2) is 35.9 Å². The largest absolute Gasteiger partial charge is 0.294 e. The topological polar surface area (TPSA) is 17.1 Å². The van der Waals surface area contributed by atoms with E-state index in [4.69, 9.17) is 0 Å². The maximum Gasteiger partial charge on any atom is 0.162 e. The van der Waals surface area contributed by atoms with Crippen molar-refractivity contribution in [2.45, 2.75) is 83.6 Å². The van der Waals surface area contributed by atoms with Crippen LogP contribution in [0.5, 0.6) is 0 Å². The fraction of sp³-hybridized carbons (Fsp3) is 0.700. The Balaban J connectivity index is 1.68. The van der Waals surface area contributed by atoms with Crippen molar-refractivity contribution in [2.75, 3.05) is 11.5 Å². The number of thioether (sulfide) groups is 2. The van der Waals surface area contributed by atoms with Crippen molar-refractivity contribution in [3.63, 3.8) is 0 Å². The average molecular weight is 485 g/mol. The van der Waals surface area contributed by atoms with Crippen molar-refractivity contribution in [1.82, 2.24) is 0 Å². The van der Waals surface area contributed by atoms with Crippen LogP contribution in [0, 0.1) is 35.0 Å². The van der Waals surface area contributed by atoms with Gasteiger partial charge in [-0.2, -0.15) is 0 Å². The Kier molecular flexibility index (Phi) is 8.11. The second kappa shape index (κ2) is 10.5. The smallest absolute Gasteiger partial charge is 0.162 e. The molecule has 0 aromatic heterocycles. The molecule has 182 valence electrons. The van der Waals surface area contributed by atoms with Crippen LogP contribution < -0.4 is 0 Å². The minimum atomic E-state index is 0.136. The Bertz CT molecular complexity index is 838. The summed E-state index contributed by atoms with van der Waals surface area (Å²) < 4.78 is 0.277. The van der Waals surface area contributed by atoms with Crippen molar-refractivity contribution in [1.29, 1.82) is 0 Å². The van der Waals surface area contributed by atoms with Crippen LogP contribution in [0.4, 0.5) is 0 Å². The molecule has 3 aliphatic rings. The summed E-state index contributed by atoms with van der Waals surface area (Å²) >= 11 is 4.27. The molecule has 5 atom stereocenters. The first kappa shape index (κ1) is 25.4. The molecule has 3 fully saturated rings. The summed E-state index contributed by atoms with van der Waals surface area (Å²) in [6.45, 7) is 12.1. The van der Waals surface area contributed by atoms with Crippen LogP contribution in [0.3, 0.4) is 0 Å². The van der Waals surface area contributed by atoms with E-state index in [-0.39, 0.29) is 15.4 Å². The minimum absolute atomic E-state index is 0.136. The van der Waals surface area contributed by atoms with Crippen molar-refractivity contribution < 1.29 is 4.79 Å². The van der Waals surface area contributed by atoms with E-state index in [0.29, 0.717) is 23.5 Å². The molecule has 1 saturated heterocycles. The zero-order valence-electron chi connectivity index (χ0n) is 21.4. The normalized spacial score (nSPS) is 35.9. The molecular weight excluding hydrogens is 440 g/mol. The van der Waals surface area contributed by atoms with Gasteiger partial charge in [0.05, 0.1) is 4.08 Å². The van der Waals surface area contributed by atoms with Gasteiger partial charge in [-0.15, -0.1) is 23.5 Å². The first-order valence-corrected chi connectivity index (χ1v) is 15.3. The standard InChI is InChI=1S/C30H44OS2/c1-21(2)25-12-14-29(4)26(13-15-30(5)32-16-9-17-33-30)28(31)24(18-22(3)19-27(25)29)20-23-10-7-6-8-11-23/h6-8,10-11,20-22,25-27H,9,12-19H2,1-5H3/b24-20+/t22-,25+,26-,27+,29+/m1/s1. The lowest BCUT2D eigenvalue weighted by Crippen LogP contribution is -2.42. The fourth-order valence-electron chi connectivity index (χ4n) is 7.11. The predicted molar refractivity (Wildman–Crippen MR) is 148 cm³/mol. The molecule has 0 bridgehead atoms. The number of benzene rings is 1. The number of hydrogen-bond acceptors (Lipinski definition) is 3. The number of allylic oxidation sites excluding steroid dienone is 1. The monoisotopic (exact) mass is 484 g/mol. The number of hydrogen-bond donors (Lipinski definition) is 0. The number of carbonyl (C=O) groups is 1. The SMILES string of the molecule is CC(C)[C@@H]1CC[C@@]2(C)[C@H](CCC3(C)SCCCS3)C(=O)/C(=C/c3ccccc3)C[C@@H](C)C[C@@H]12. The lowest BCUT2D eigenvalue weighted by atomic mass is 9.59. The molecule has 2 aliphatic carbocycles. The van der Waals surface area contributed by atoms with Crippen LogP contribution in [-0.4, -0.2) is 21.4 Å². The molecule has 33 heavy (non-hydrogen) atoms. The first-order chi connectivity index (χ1) is 15.7. The second-order valence-corrected chi connectivity index (χ2v) is 15.3. The van der Waals surface area contributed by atoms with Gasteiger partial charge in [-0.25, -0.2) is 0 Å². The third-order valence-corrected chi connectivity index (χ3v) is 12.3. The van der Waals surface area contributed by atoms with E-state index in [0.717, 1.165) is 30.8 Å². The number of carbonyl (C=O) groups excluding carboxylic acids is 1. The highest BCUT2D eigenvalue weighted by Gasteiger charge is 2.53. The zero-order chi connectivity index (χ0) is 23.6. The van der Waals surface area contributed by atoms with Gasteiger partial charge in [0.1, 0.15) is 0 Å². The third kappa shape index (κ3) is 5.61. The summed E-state index contributed by atoms with van der Waals surface area (Å²) in [5, 5.41) is 0. The van der Waals surface area contributed by atoms with E-state index in [9.17, 15) is 4.79 Å². The number of rotatable bonds is 5. The molecule has 1 aromatic rings. The van der Waals surface area contributed by atoms with Gasteiger partial charge in [-0.1, -0.05) is 58.0 Å². The van der Waals surface area contributed by atoms with Gasteiger partial charge >= 0.3 is 0 Å². The number of ketones is 1. The van der Waals surface area contributed by atoms with E-state index in [1.54, 1.807) is 0 Å². The maximum absolute atomic E-state index is 14.4. The summed E-state index contributed by atoms with van der Waals surface area (Å²) in [6, 6.07) is 10.5. The van der Waals surface area contributed by atoms with E-state index >= 15 is 0 Å². The lowest BCUT2D eigenvalue weighted by molar-refractivity contribution is -0.126. The lowest BCUT2D eigenvalue weighted by Gasteiger charge is -2.45. The van der Waals surface area contributed by atoms with E-state index in [2.05, 4.69) is 94.6 Å². The Labute approximate surface area is 211 Å². The Morgan fingerprint density at radius 3 is 2.48 bits per heavy atom. The molecule has 1 heterocycles. The molecule has 0 N–H and O–H groups in total. The predicted octanol–water partition coefficient (Wildman–Crippen LogP) is 8.74. The van der Waals surface area contributed by atoms with Gasteiger partial charge < -0.3 is 0 Å². The summed E-state index contributed by atoms with van der Waals surface area (Å²) in [5.74, 6) is 5.89. The van der Waals surface area contributed by atoms with Crippen molar-refractivity contribution in [2.24, 2.45) is 35.0 Å². The van der Waals surface area contributed by atoms with E-state index in [1.165, 1.54) is 42.8 Å². The van der Waals surface area contributed by atoms with Gasteiger partial charge in [0, 0.05) is 5.92 Å². The molecule has 0 amide bonds. The molecule has 3 heteroatoms. The van der Waals surface area contributed by atoms with Gasteiger partial charge in [0.25, 0.3) is 0 Å². The summed E-state index contributed by atoms with van der Waals surface area (Å²) in [7, 11) is 0. The van der Waals surface area contributed by atoms with Gasteiger partial charge in [-0.3, -0.25) is 4.79 Å². The van der Waals surface area contributed by atoms with E-state index in [1.807, 2.05) is 0 Å². The third-order valence-electron chi connectivity index (χ3n) is 9.02. The number of fused-ring (bicyclic) bond motifs is 1. The fourth-order valence-corrected chi connectivity index (χ4v) is 10.1. The van der Waals surface area contributed by atoms with Crippen LogP contribution in [-0.2, 0) is 4.79 Å². The maximum atomic E-state index is 14.4. The van der Waals surface area contributed by atoms with E-state index < -0.39 is 0 Å². The molecule has 0 radical (unpaired) electrons. The quantitative estimate of drug-likeness (QED) is 0.389. The molecule has 0 spiro atoms. The zero-order valence-corrected chi connectivity index (χ0v) is 23.1. The Morgan fingerprint density at radius 1 is 1.12 bits per heavy atom. The molecule has 4 rings (SSSR count). The second-order valence-electron chi connectivity index (χ2n) is 11.8. The van der Waals surface area contributed by atoms with Crippen LogP contribution in [0.25, 0.3) is 6.08 Å². The highest BCUT2D eigenvalue weighted by Crippen LogP contribution is 2.59. The Morgan fingerprint density at radius 2 is 1.82 bits per heavy atom. The van der Waals surface area contributed by atoms with Gasteiger partial charge in [0.2, 0.25) is 0 Å². The summed E-state index contributed by atoms with van der Waals surface area (Å²) in [4.78, 5) is 14.4. The highest BCUT2D eigenvalue weighted by atomic mass is 32.2. The van der Waals surface area contributed by atoms with Crippen LogP contribution >= 0.6 is 23.5 Å². The summed E-state index contributed by atoms with van der Waals surface area (Å²) in [5.41, 5.74) is 2.39. The van der Waals surface area contributed by atoms with Gasteiger partial charge in [0.15, 0.2) is 5.78 Å². The number of Topliss-reactive ketones (excluding diaryl/α,β-unsaturated/α-hetero) is 1. The molecule has 2 saturated carbocycles.